The number of aromatic nitrogens is 2. The Labute approximate surface area is 130 Å². The third kappa shape index (κ3) is 3.02. The maximum Gasteiger partial charge on any atom is 0.0849 e. The second-order valence-electron chi connectivity index (χ2n) is 5.10. The summed E-state index contributed by atoms with van der Waals surface area (Å²) in [6.45, 7) is 4.19. The van der Waals surface area contributed by atoms with Crippen molar-refractivity contribution in [2.45, 2.75) is 32.6 Å². The van der Waals surface area contributed by atoms with Crippen LogP contribution in [0.3, 0.4) is 0 Å². The monoisotopic (exact) mass is 310 g/mol. The third-order valence-corrected chi connectivity index (χ3v) is 4.57. The van der Waals surface area contributed by atoms with E-state index in [-0.39, 0.29) is 5.92 Å². The predicted molar refractivity (Wildman–Crippen MR) is 85.9 cm³/mol. The van der Waals surface area contributed by atoms with Crippen LogP contribution >= 0.6 is 23.2 Å². The standard InChI is InChI=1S/C16H20Cl2N2/c1-4-14-16(18)15(20(3)19-14)9-12(10-17)13-8-6-5-7-11(13)2/h5-8,12H,4,9-10H2,1-3H3. The Balaban J connectivity index is 2.32. The van der Waals surface area contributed by atoms with Gasteiger partial charge in [-0.3, -0.25) is 4.68 Å². The molecule has 2 aromatic rings. The molecule has 2 rings (SSSR count). The number of aryl methyl sites for hydroxylation is 3. The summed E-state index contributed by atoms with van der Waals surface area (Å²) >= 11 is 12.6. The Morgan fingerprint density at radius 2 is 2.00 bits per heavy atom. The van der Waals surface area contributed by atoms with Crippen LogP contribution in [0.4, 0.5) is 0 Å². The van der Waals surface area contributed by atoms with Crippen molar-refractivity contribution < 1.29 is 0 Å². The molecule has 0 aliphatic rings. The first kappa shape index (κ1) is 15.4. The Morgan fingerprint density at radius 3 is 2.55 bits per heavy atom. The van der Waals surface area contributed by atoms with E-state index in [1.165, 1.54) is 11.1 Å². The number of benzene rings is 1. The molecule has 0 amide bonds. The van der Waals surface area contributed by atoms with Gasteiger partial charge in [-0.25, -0.2) is 0 Å². The molecule has 0 fully saturated rings. The number of alkyl halides is 1. The smallest absolute Gasteiger partial charge is 0.0849 e. The Bertz CT molecular complexity index is 590. The largest absolute Gasteiger partial charge is 0.271 e. The fourth-order valence-corrected chi connectivity index (χ4v) is 3.21. The van der Waals surface area contributed by atoms with Crippen LogP contribution in [0.2, 0.25) is 5.02 Å². The van der Waals surface area contributed by atoms with Gasteiger partial charge in [0.05, 0.1) is 16.4 Å². The lowest BCUT2D eigenvalue weighted by Crippen LogP contribution is -2.10. The molecule has 2 nitrogen and oxygen atoms in total. The lowest BCUT2D eigenvalue weighted by atomic mass is 9.92. The molecule has 0 aliphatic heterocycles. The number of hydrogen-bond acceptors (Lipinski definition) is 1. The molecule has 0 N–H and O–H groups in total. The first-order valence-corrected chi connectivity index (χ1v) is 7.81. The van der Waals surface area contributed by atoms with Crippen LogP contribution in [-0.2, 0) is 19.9 Å². The molecule has 20 heavy (non-hydrogen) atoms. The van der Waals surface area contributed by atoms with Gasteiger partial charge in [0, 0.05) is 18.8 Å². The van der Waals surface area contributed by atoms with Crippen molar-refractivity contribution in [1.82, 2.24) is 9.78 Å². The molecule has 0 spiro atoms. The highest BCUT2D eigenvalue weighted by Gasteiger charge is 2.19. The summed E-state index contributed by atoms with van der Waals surface area (Å²) in [6, 6.07) is 8.38. The minimum atomic E-state index is 0.260. The molecule has 0 bridgehead atoms. The van der Waals surface area contributed by atoms with E-state index in [2.05, 4.69) is 43.2 Å². The quantitative estimate of drug-likeness (QED) is 0.743. The number of hydrogen-bond donors (Lipinski definition) is 0. The minimum absolute atomic E-state index is 0.260. The third-order valence-electron chi connectivity index (χ3n) is 3.76. The second kappa shape index (κ2) is 6.64. The fourth-order valence-electron chi connectivity index (χ4n) is 2.57. The van der Waals surface area contributed by atoms with E-state index in [1.807, 2.05) is 11.7 Å². The summed E-state index contributed by atoms with van der Waals surface area (Å²) in [5, 5.41) is 5.26. The topological polar surface area (TPSA) is 17.8 Å². The van der Waals surface area contributed by atoms with E-state index in [0.717, 1.165) is 29.3 Å². The van der Waals surface area contributed by atoms with Gasteiger partial charge in [0.25, 0.3) is 0 Å². The number of nitrogens with zero attached hydrogens (tertiary/aromatic N) is 2. The van der Waals surface area contributed by atoms with Crippen molar-refractivity contribution in [2.24, 2.45) is 7.05 Å². The van der Waals surface area contributed by atoms with Crippen molar-refractivity contribution in [2.75, 3.05) is 5.88 Å². The van der Waals surface area contributed by atoms with Crippen molar-refractivity contribution in [1.29, 1.82) is 0 Å². The molecule has 1 aromatic carbocycles. The molecule has 1 unspecified atom stereocenters. The van der Waals surface area contributed by atoms with Gasteiger partial charge in [0.1, 0.15) is 0 Å². The zero-order valence-corrected chi connectivity index (χ0v) is 13.7. The normalized spacial score (nSPS) is 12.7. The van der Waals surface area contributed by atoms with Gasteiger partial charge in [-0.05, 0) is 30.9 Å². The van der Waals surface area contributed by atoms with E-state index in [0.29, 0.717) is 5.88 Å². The van der Waals surface area contributed by atoms with Crippen molar-refractivity contribution in [3.63, 3.8) is 0 Å². The summed E-state index contributed by atoms with van der Waals surface area (Å²) in [4.78, 5) is 0. The average Bonchev–Trinajstić information content (AvgIpc) is 2.72. The van der Waals surface area contributed by atoms with Crippen LogP contribution < -0.4 is 0 Å². The Hall–Kier alpha value is -0.990. The highest BCUT2D eigenvalue weighted by molar-refractivity contribution is 6.31. The molecular formula is C16H20Cl2N2. The van der Waals surface area contributed by atoms with Crippen molar-refractivity contribution in [3.05, 3.63) is 51.8 Å². The van der Waals surface area contributed by atoms with Gasteiger partial charge in [0.15, 0.2) is 0 Å². The summed E-state index contributed by atoms with van der Waals surface area (Å²) in [5.41, 5.74) is 4.59. The van der Waals surface area contributed by atoms with E-state index < -0.39 is 0 Å². The van der Waals surface area contributed by atoms with Gasteiger partial charge in [0.2, 0.25) is 0 Å². The molecule has 1 heterocycles. The van der Waals surface area contributed by atoms with Crippen LogP contribution in [0.5, 0.6) is 0 Å². The van der Waals surface area contributed by atoms with Gasteiger partial charge >= 0.3 is 0 Å². The summed E-state index contributed by atoms with van der Waals surface area (Å²) in [7, 11) is 1.95. The van der Waals surface area contributed by atoms with Crippen LogP contribution in [-0.4, -0.2) is 15.7 Å². The predicted octanol–water partition coefficient (Wildman–Crippen LogP) is 4.51. The summed E-state index contributed by atoms with van der Waals surface area (Å²) < 4.78 is 1.89. The van der Waals surface area contributed by atoms with Gasteiger partial charge in [-0.15, -0.1) is 11.6 Å². The second-order valence-corrected chi connectivity index (χ2v) is 5.78. The Morgan fingerprint density at radius 1 is 1.30 bits per heavy atom. The summed E-state index contributed by atoms with van der Waals surface area (Å²) in [5.74, 6) is 0.837. The zero-order valence-electron chi connectivity index (χ0n) is 12.2. The van der Waals surface area contributed by atoms with Crippen LogP contribution in [0.15, 0.2) is 24.3 Å². The molecule has 1 atom stereocenters. The SMILES string of the molecule is CCc1nn(C)c(CC(CCl)c2ccccc2C)c1Cl. The maximum atomic E-state index is 6.43. The molecule has 0 radical (unpaired) electrons. The molecule has 4 heteroatoms. The van der Waals surface area contributed by atoms with Gasteiger partial charge in [-0.1, -0.05) is 42.8 Å². The Kier molecular flexibility index (Phi) is 5.11. The lowest BCUT2D eigenvalue weighted by Gasteiger charge is -2.17. The summed E-state index contributed by atoms with van der Waals surface area (Å²) in [6.07, 6.45) is 1.67. The molecular weight excluding hydrogens is 291 g/mol. The molecule has 108 valence electrons. The maximum absolute atomic E-state index is 6.43. The minimum Gasteiger partial charge on any atom is -0.271 e. The zero-order chi connectivity index (χ0) is 14.7. The van der Waals surface area contributed by atoms with E-state index in [9.17, 15) is 0 Å². The van der Waals surface area contributed by atoms with Gasteiger partial charge < -0.3 is 0 Å². The van der Waals surface area contributed by atoms with Gasteiger partial charge in [-0.2, -0.15) is 5.10 Å². The van der Waals surface area contributed by atoms with Crippen LogP contribution in [0, 0.1) is 6.92 Å². The fraction of sp³-hybridized carbons (Fsp3) is 0.438. The highest BCUT2D eigenvalue weighted by Crippen LogP contribution is 2.29. The molecule has 1 aromatic heterocycles. The molecule has 0 aliphatic carbocycles. The number of rotatable bonds is 5. The van der Waals surface area contributed by atoms with E-state index >= 15 is 0 Å². The average molecular weight is 311 g/mol. The van der Waals surface area contributed by atoms with Crippen LogP contribution in [0.25, 0.3) is 0 Å². The number of halogens is 2. The van der Waals surface area contributed by atoms with E-state index in [1.54, 1.807) is 0 Å². The lowest BCUT2D eigenvalue weighted by molar-refractivity contribution is 0.653. The first-order valence-electron chi connectivity index (χ1n) is 6.90. The van der Waals surface area contributed by atoms with E-state index in [4.69, 9.17) is 23.2 Å². The van der Waals surface area contributed by atoms with Crippen molar-refractivity contribution in [3.8, 4) is 0 Å². The molecule has 0 saturated carbocycles. The molecule has 0 saturated heterocycles. The van der Waals surface area contributed by atoms with Crippen LogP contribution in [0.1, 0.15) is 35.4 Å². The highest BCUT2D eigenvalue weighted by atomic mass is 35.5. The first-order chi connectivity index (χ1) is 9.58. The van der Waals surface area contributed by atoms with Crippen molar-refractivity contribution >= 4 is 23.2 Å².